The topological polar surface area (TPSA) is 38.9 Å². The van der Waals surface area contributed by atoms with Gasteiger partial charge in [0.05, 0.1) is 11.7 Å². The number of aromatic nitrogens is 1. The molecule has 0 aromatic carbocycles. The Morgan fingerprint density at radius 2 is 2.29 bits per heavy atom. The van der Waals surface area contributed by atoms with Crippen LogP contribution < -0.4 is 5.73 Å². The first-order valence-corrected chi connectivity index (χ1v) is 4.90. The standard InChI is InChI=1S/C10H13BrN2.ClH/c1-7(2)5-9(12)10-4-3-8(11)6-13-10;/h3-4,6,9H,1,5,12H2,2H3;1H/t9-;/m1./s1. The lowest BCUT2D eigenvalue weighted by Crippen LogP contribution is -2.11. The van der Waals surface area contributed by atoms with Gasteiger partial charge < -0.3 is 5.73 Å². The van der Waals surface area contributed by atoms with Crippen LogP contribution in [-0.2, 0) is 0 Å². The third-order valence-electron chi connectivity index (χ3n) is 1.70. The monoisotopic (exact) mass is 276 g/mol. The molecule has 0 unspecified atom stereocenters. The van der Waals surface area contributed by atoms with E-state index in [2.05, 4.69) is 27.5 Å². The van der Waals surface area contributed by atoms with Crippen molar-refractivity contribution in [1.29, 1.82) is 0 Å². The number of halogens is 2. The summed E-state index contributed by atoms with van der Waals surface area (Å²) in [6, 6.07) is 3.84. The fourth-order valence-electron chi connectivity index (χ4n) is 1.09. The van der Waals surface area contributed by atoms with Crippen LogP contribution in [0, 0.1) is 0 Å². The second kappa shape index (κ2) is 6.17. The fourth-order valence-corrected chi connectivity index (χ4v) is 1.32. The number of pyridine rings is 1. The van der Waals surface area contributed by atoms with E-state index in [0.717, 1.165) is 22.2 Å². The summed E-state index contributed by atoms with van der Waals surface area (Å²) in [5.41, 5.74) is 7.90. The van der Waals surface area contributed by atoms with Crippen molar-refractivity contribution < 1.29 is 0 Å². The van der Waals surface area contributed by atoms with Gasteiger partial charge in [-0.1, -0.05) is 5.57 Å². The van der Waals surface area contributed by atoms with Gasteiger partial charge in [-0.3, -0.25) is 4.98 Å². The second-order valence-corrected chi connectivity index (χ2v) is 4.08. The fraction of sp³-hybridized carbons (Fsp3) is 0.300. The molecule has 1 rings (SSSR count). The van der Waals surface area contributed by atoms with Gasteiger partial charge in [-0.15, -0.1) is 19.0 Å². The largest absolute Gasteiger partial charge is 0.322 e. The Hall–Kier alpha value is -0.380. The first-order valence-electron chi connectivity index (χ1n) is 4.11. The van der Waals surface area contributed by atoms with E-state index in [1.807, 2.05) is 19.1 Å². The summed E-state index contributed by atoms with van der Waals surface area (Å²) in [6.07, 6.45) is 2.54. The van der Waals surface area contributed by atoms with Gasteiger partial charge in [0, 0.05) is 10.7 Å². The van der Waals surface area contributed by atoms with E-state index >= 15 is 0 Å². The number of hydrogen-bond acceptors (Lipinski definition) is 2. The molecule has 0 spiro atoms. The summed E-state index contributed by atoms with van der Waals surface area (Å²) in [4.78, 5) is 4.22. The number of nitrogens with two attached hydrogens (primary N) is 1. The van der Waals surface area contributed by atoms with Crippen molar-refractivity contribution in [2.45, 2.75) is 19.4 Å². The highest BCUT2D eigenvalue weighted by molar-refractivity contribution is 9.10. The zero-order valence-corrected chi connectivity index (χ0v) is 10.4. The average molecular weight is 278 g/mol. The number of nitrogens with zero attached hydrogens (tertiary/aromatic N) is 1. The van der Waals surface area contributed by atoms with E-state index in [1.54, 1.807) is 6.20 Å². The van der Waals surface area contributed by atoms with Crippen molar-refractivity contribution in [1.82, 2.24) is 4.98 Å². The van der Waals surface area contributed by atoms with Crippen LogP contribution in [0.1, 0.15) is 25.1 Å². The third-order valence-corrected chi connectivity index (χ3v) is 2.17. The highest BCUT2D eigenvalue weighted by Gasteiger charge is 2.06. The molecule has 0 saturated carbocycles. The van der Waals surface area contributed by atoms with E-state index in [-0.39, 0.29) is 18.4 Å². The molecule has 4 heteroatoms. The lowest BCUT2D eigenvalue weighted by atomic mass is 10.1. The summed E-state index contributed by atoms with van der Waals surface area (Å²) in [6.45, 7) is 5.79. The van der Waals surface area contributed by atoms with Gasteiger partial charge in [-0.25, -0.2) is 0 Å². The van der Waals surface area contributed by atoms with Crippen molar-refractivity contribution in [2.24, 2.45) is 5.73 Å². The summed E-state index contributed by atoms with van der Waals surface area (Å²) < 4.78 is 0.971. The van der Waals surface area contributed by atoms with Gasteiger partial charge in [-0.05, 0) is 41.4 Å². The summed E-state index contributed by atoms with van der Waals surface area (Å²) in [5.74, 6) is 0. The second-order valence-electron chi connectivity index (χ2n) is 3.17. The van der Waals surface area contributed by atoms with Crippen molar-refractivity contribution in [3.05, 3.63) is 40.6 Å². The van der Waals surface area contributed by atoms with Crippen LogP contribution in [0.2, 0.25) is 0 Å². The minimum Gasteiger partial charge on any atom is -0.322 e. The minimum absolute atomic E-state index is 0. The van der Waals surface area contributed by atoms with Crippen LogP contribution in [0.25, 0.3) is 0 Å². The predicted octanol–water partition coefficient (Wildman–Crippen LogP) is 3.23. The van der Waals surface area contributed by atoms with E-state index in [0.29, 0.717) is 0 Å². The maximum Gasteiger partial charge on any atom is 0.0575 e. The molecular weight excluding hydrogens is 263 g/mol. The molecule has 0 aliphatic heterocycles. The van der Waals surface area contributed by atoms with Gasteiger partial charge >= 0.3 is 0 Å². The van der Waals surface area contributed by atoms with Gasteiger partial charge in [-0.2, -0.15) is 0 Å². The molecule has 1 aromatic heterocycles. The normalized spacial score (nSPS) is 11.6. The Balaban J connectivity index is 0.00000169. The molecule has 0 radical (unpaired) electrons. The van der Waals surface area contributed by atoms with E-state index in [9.17, 15) is 0 Å². The highest BCUT2D eigenvalue weighted by Crippen LogP contribution is 2.17. The van der Waals surface area contributed by atoms with Crippen LogP contribution in [0.5, 0.6) is 0 Å². The number of rotatable bonds is 3. The molecule has 14 heavy (non-hydrogen) atoms. The maximum atomic E-state index is 5.91. The molecule has 2 N–H and O–H groups in total. The van der Waals surface area contributed by atoms with Gasteiger partial charge in [0.25, 0.3) is 0 Å². The number of hydrogen-bond donors (Lipinski definition) is 1. The SMILES string of the molecule is C=C(C)C[C@@H](N)c1ccc(Br)cn1.Cl. The van der Waals surface area contributed by atoms with Crippen LogP contribution in [0.4, 0.5) is 0 Å². The Kier molecular flexibility index (Phi) is 6.00. The molecule has 0 fully saturated rings. The maximum absolute atomic E-state index is 5.91. The molecule has 0 saturated heterocycles. The summed E-state index contributed by atoms with van der Waals surface area (Å²) in [7, 11) is 0. The first kappa shape index (κ1) is 13.6. The molecule has 2 nitrogen and oxygen atoms in total. The summed E-state index contributed by atoms with van der Waals surface area (Å²) in [5, 5.41) is 0. The van der Waals surface area contributed by atoms with Crippen molar-refractivity contribution in [2.75, 3.05) is 0 Å². The average Bonchev–Trinajstić information content (AvgIpc) is 2.04. The molecule has 0 amide bonds. The molecule has 0 aliphatic carbocycles. The molecular formula is C10H14BrClN2. The Labute approximate surface area is 99.1 Å². The third kappa shape index (κ3) is 4.22. The van der Waals surface area contributed by atoms with Gasteiger partial charge in [0.2, 0.25) is 0 Å². The van der Waals surface area contributed by atoms with Crippen LogP contribution in [0.3, 0.4) is 0 Å². The van der Waals surface area contributed by atoms with Crippen molar-refractivity contribution in [3.63, 3.8) is 0 Å². The van der Waals surface area contributed by atoms with E-state index < -0.39 is 0 Å². The Bertz CT molecular complexity index is 297. The van der Waals surface area contributed by atoms with Crippen LogP contribution in [0.15, 0.2) is 35.0 Å². The van der Waals surface area contributed by atoms with Crippen LogP contribution in [-0.4, -0.2) is 4.98 Å². The zero-order valence-electron chi connectivity index (χ0n) is 8.03. The molecule has 1 aromatic rings. The lowest BCUT2D eigenvalue weighted by molar-refractivity contribution is 0.692. The first-order chi connectivity index (χ1) is 6.09. The van der Waals surface area contributed by atoms with Gasteiger partial charge in [0.1, 0.15) is 0 Å². The minimum atomic E-state index is -0.0365. The van der Waals surface area contributed by atoms with Crippen LogP contribution >= 0.6 is 28.3 Å². The summed E-state index contributed by atoms with van der Waals surface area (Å²) >= 11 is 3.32. The Morgan fingerprint density at radius 3 is 2.71 bits per heavy atom. The highest BCUT2D eigenvalue weighted by atomic mass is 79.9. The van der Waals surface area contributed by atoms with Crippen molar-refractivity contribution in [3.8, 4) is 0 Å². The predicted molar refractivity (Wildman–Crippen MR) is 65.5 cm³/mol. The zero-order chi connectivity index (χ0) is 9.84. The van der Waals surface area contributed by atoms with E-state index in [4.69, 9.17) is 5.73 Å². The lowest BCUT2D eigenvalue weighted by Gasteiger charge is -2.10. The molecule has 1 atom stereocenters. The molecule has 0 aliphatic rings. The Morgan fingerprint density at radius 1 is 1.64 bits per heavy atom. The molecule has 0 bridgehead atoms. The molecule has 1 heterocycles. The quantitative estimate of drug-likeness (QED) is 0.862. The molecule has 78 valence electrons. The van der Waals surface area contributed by atoms with E-state index in [1.165, 1.54) is 0 Å². The van der Waals surface area contributed by atoms with Crippen molar-refractivity contribution >= 4 is 28.3 Å². The smallest absolute Gasteiger partial charge is 0.0575 e. The van der Waals surface area contributed by atoms with Gasteiger partial charge in [0.15, 0.2) is 0 Å².